The predicted octanol–water partition coefficient (Wildman–Crippen LogP) is 1.91. The highest BCUT2D eigenvalue weighted by Crippen LogP contribution is 2.22. The van der Waals surface area contributed by atoms with Crippen molar-refractivity contribution in [3.63, 3.8) is 0 Å². The Morgan fingerprint density at radius 1 is 1.38 bits per heavy atom. The van der Waals surface area contributed by atoms with E-state index in [1.807, 2.05) is 20.8 Å². The molecule has 0 aromatic heterocycles. The highest BCUT2D eigenvalue weighted by atomic mass is 32.2. The molecule has 120 valence electrons. The monoisotopic (exact) mass is 319 g/mol. The van der Waals surface area contributed by atoms with Crippen LogP contribution in [0.25, 0.3) is 0 Å². The third-order valence-corrected chi connectivity index (χ3v) is 4.60. The van der Waals surface area contributed by atoms with Crippen molar-refractivity contribution in [2.75, 3.05) is 13.7 Å². The molecule has 0 amide bonds. The Morgan fingerprint density at radius 3 is 2.48 bits per heavy atom. The van der Waals surface area contributed by atoms with Crippen LogP contribution in [0.5, 0.6) is 5.75 Å². The Morgan fingerprint density at radius 2 is 2.00 bits per heavy atom. The molecule has 0 saturated heterocycles. The van der Waals surface area contributed by atoms with Gasteiger partial charge < -0.3 is 9.84 Å². The Balaban J connectivity index is 2.72. The van der Waals surface area contributed by atoms with Gasteiger partial charge in [0, 0.05) is 6.54 Å². The summed E-state index contributed by atoms with van der Waals surface area (Å²) in [5.41, 5.74) is -0.322. The van der Waals surface area contributed by atoms with E-state index in [9.17, 15) is 17.9 Å². The number of nitrogens with one attached hydrogen (secondary N) is 1. The summed E-state index contributed by atoms with van der Waals surface area (Å²) >= 11 is 0. The second kappa shape index (κ2) is 6.72. The minimum Gasteiger partial charge on any atom is -0.494 e. The summed E-state index contributed by atoms with van der Waals surface area (Å²) in [4.78, 5) is -0.175. The first-order valence-corrected chi connectivity index (χ1v) is 8.07. The first kappa shape index (κ1) is 17.9. The molecule has 0 heterocycles. The van der Waals surface area contributed by atoms with E-state index >= 15 is 0 Å². The zero-order chi connectivity index (χ0) is 16.3. The fraction of sp³-hybridized carbons (Fsp3) is 0.571. The van der Waals surface area contributed by atoms with Gasteiger partial charge in [-0.05, 0) is 30.0 Å². The maximum atomic E-state index is 13.5. The van der Waals surface area contributed by atoms with Gasteiger partial charge in [-0.3, -0.25) is 0 Å². The van der Waals surface area contributed by atoms with Crippen molar-refractivity contribution in [2.45, 2.75) is 38.2 Å². The van der Waals surface area contributed by atoms with Gasteiger partial charge in [-0.25, -0.2) is 17.5 Å². The van der Waals surface area contributed by atoms with E-state index in [0.29, 0.717) is 0 Å². The first-order chi connectivity index (χ1) is 9.58. The summed E-state index contributed by atoms with van der Waals surface area (Å²) in [7, 11) is -2.50. The van der Waals surface area contributed by atoms with Gasteiger partial charge in [0.05, 0.1) is 18.1 Å². The maximum absolute atomic E-state index is 13.5. The molecular formula is C14H22FNO4S. The van der Waals surface area contributed by atoms with Crippen molar-refractivity contribution in [1.29, 1.82) is 0 Å². The molecule has 0 aliphatic rings. The lowest BCUT2D eigenvalue weighted by Gasteiger charge is -2.25. The zero-order valence-electron chi connectivity index (χ0n) is 12.7. The highest BCUT2D eigenvalue weighted by Gasteiger charge is 2.23. The van der Waals surface area contributed by atoms with Crippen molar-refractivity contribution < 1.29 is 22.7 Å². The number of sulfonamides is 1. The number of methoxy groups -OCH3 is 1. The number of aliphatic hydroxyl groups is 1. The van der Waals surface area contributed by atoms with Crippen LogP contribution in [-0.4, -0.2) is 33.3 Å². The van der Waals surface area contributed by atoms with Gasteiger partial charge in [0.1, 0.15) is 0 Å². The van der Waals surface area contributed by atoms with E-state index in [-0.39, 0.29) is 29.0 Å². The molecule has 0 saturated carbocycles. The molecule has 0 fully saturated rings. The van der Waals surface area contributed by atoms with Crippen LogP contribution in [0, 0.1) is 11.2 Å². The molecule has 2 N–H and O–H groups in total. The van der Waals surface area contributed by atoms with Crippen molar-refractivity contribution in [3.8, 4) is 5.75 Å². The van der Waals surface area contributed by atoms with Gasteiger partial charge in [0.2, 0.25) is 10.0 Å². The minimum atomic E-state index is -3.81. The molecule has 0 bridgehead atoms. The van der Waals surface area contributed by atoms with E-state index < -0.39 is 21.9 Å². The molecule has 0 aliphatic heterocycles. The fourth-order valence-electron chi connectivity index (χ4n) is 1.66. The van der Waals surface area contributed by atoms with Crippen LogP contribution in [0.1, 0.15) is 27.2 Å². The number of ether oxygens (including phenoxy) is 1. The number of hydrogen-bond acceptors (Lipinski definition) is 4. The van der Waals surface area contributed by atoms with Crippen molar-refractivity contribution in [2.24, 2.45) is 5.41 Å². The largest absolute Gasteiger partial charge is 0.494 e. The molecule has 0 radical (unpaired) electrons. The summed E-state index contributed by atoms with van der Waals surface area (Å²) in [5, 5.41) is 9.85. The second-order valence-electron chi connectivity index (χ2n) is 5.86. The normalized spacial score (nSPS) is 14.0. The number of halogens is 1. The summed E-state index contributed by atoms with van der Waals surface area (Å²) in [6.07, 6.45) is -0.353. The molecule has 1 atom stereocenters. The highest BCUT2D eigenvalue weighted by molar-refractivity contribution is 7.89. The SMILES string of the molecule is COc1ccc(S(=O)(=O)NCCC(O)C(C)(C)C)cc1F. The zero-order valence-corrected chi connectivity index (χ0v) is 13.5. The van der Waals surface area contributed by atoms with Crippen LogP contribution in [-0.2, 0) is 10.0 Å². The van der Waals surface area contributed by atoms with E-state index in [2.05, 4.69) is 4.72 Å². The second-order valence-corrected chi connectivity index (χ2v) is 7.63. The molecule has 1 rings (SSSR count). The van der Waals surface area contributed by atoms with Crippen LogP contribution in [0.15, 0.2) is 23.1 Å². The molecule has 0 spiro atoms. The van der Waals surface area contributed by atoms with Crippen LogP contribution in [0.2, 0.25) is 0 Å². The van der Waals surface area contributed by atoms with E-state index in [1.54, 1.807) is 0 Å². The third-order valence-electron chi connectivity index (χ3n) is 3.14. The summed E-state index contributed by atoms with van der Waals surface area (Å²) < 4.78 is 44.6. The Labute approximate surface area is 125 Å². The lowest BCUT2D eigenvalue weighted by molar-refractivity contribution is 0.0571. The molecular weight excluding hydrogens is 297 g/mol. The summed E-state index contributed by atoms with van der Waals surface area (Å²) in [5.74, 6) is -0.757. The Hall–Kier alpha value is -1.18. The number of rotatable bonds is 6. The first-order valence-electron chi connectivity index (χ1n) is 6.59. The third kappa shape index (κ3) is 4.94. The van der Waals surface area contributed by atoms with E-state index in [1.165, 1.54) is 19.2 Å². The summed E-state index contributed by atoms with van der Waals surface area (Å²) in [6.45, 7) is 5.68. The maximum Gasteiger partial charge on any atom is 0.240 e. The predicted molar refractivity (Wildman–Crippen MR) is 78.2 cm³/mol. The van der Waals surface area contributed by atoms with Crippen LogP contribution in [0.4, 0.5) is 4.39 Å². The van der Waals surface area contributed by atoms with Crippen LogP contribution < -0.4 is 9.46 Å². The van der Waals surface area contributed by atoms with Crippen molar-refractivity contribution in [1.82, 2.24) is 4.72 Å². The molecule has 1 unspecified atom stereocenters. The molecule has 1 aromatic rings. The number of aliphatic hydroxyl groups excluding tert-OH is 1. The van der Waals surface area contributed by atoms with Gasteiger partial charge >= 0.3 is 0 Å². The molecule has 0 aliphatic carbocycles. The van der Waals surface area contributed by atoms with Gasteiger partial charge in [-0.15, -0.1) is 0 Å². The lowest BCUT2D eigenvalue weighted by Crippen LogP contribution is -2.32. The van der Waals surface area contributed by atoms with Gasteiger partial charge in [0.25, 0.3) is 0 Å². The number of hydrogen-bond donors (Lipinski definition) is 2. The molecule has 21 heavy (non-hydrogen) atoms. The molecule has 1 aromatic carbocycles. The average Bonchev–Trinajstić information content (AvgIpc) is 2.37. The van der Waals surface area contributed by atoms with Gasteiger partial charge in [0.15, 0.2) is 11.6 Å². The van der Waals surface area contributed by atoms with Crippen LogP contribution >= 0.6 is 0 Å². The number of benzene rings is 1. The minimum absolute atomic E-state index is 0.0166. The lowest BCUT2D eigenvalue weighted by atomic mass is 9.87. The molecule has 5 nitrogen and oxygen atoms in total. The average molecular weight is 319 g/mol. The Bertz CT molecular complexity index is 581. The smallest absolute Gasteiger partial charge is 0.240 e. The standard InChI is InChI=1S/C14H22FNO4S/c1-14(2,3)13(17)7-8-16-21(18,19)10-5-6-12(20-4)11(15)9-10/h5-6,9,13,16-17H,7-8H2,1-4H3. The molecule has 7 heteroatoms. The van der Waals surface area contributed by atoms with E-state index in [0.717, 1.165) is 6.07 Å². The van der Waals surface area contributed by atoms with Gasteiger partial charge in [-0.2, -0.15) is 0 Å². The van der Waals surface area contributed by atoms with Crippen molar-refractivity contribution >= 4 is 10.0 Å². The van der Waals surface area contributed by atoms with E-state index in [4.69, 9.17) is 4.74 Å². The van der Waals surface area contributed by atoms with Crippen molar-refractivity contribution in [3.05, 3.63) is 24.0 Å². The topological polar surface area (TPSA) is 75.6 Å². The van der Waals surface area contributed by atoms with Gasteiger partial charge in [-0.1, -0.05) is 20.8 Å². The Kier molecular flexibility index (Phi) is 5.72. The summed E-state index contributed by atoms with van der Waals surface area (Å²) in [6, 6.07) is 3.43. The van der Waals surface area contributed by atoms with Crippen LogP contribution in [0.3, 0.4) is 0 Å². The quantitative estimate of drug-likeness (QED) is 0.840. The fourth-order valence-corrected chi connectivity index (χ4v) is 2.72.